The van der Waals surface area contributed by atoms with Crippen LogP contribution < -0.4 is 5.32 Å². The molecule has 0 unspecified atom stereocenters. The summed E-state index contributed by atoms with van der Waals surface area (Å²) < 4.78 is 0. The number of carbonyl (C=O) groups is 3. The van der Waals surface area contributed by atoms with Crippen LogP contribution >= 0.6 is 0 Å². The quantitative estimate of drug-likeness (QED) is 0.594. The van der Waals surface area contributed by atoms with Gasteiger partial charge in [0.2, 0.25) is 11.8 Å². The largest absolute Gasteiger partial charge is 0.354 e. The highest BCUT2D eigenvalue weighted by atomic mass is 16.2. The lowest BCUT2D eigenvalue weighted by molar-refractivity contribution is -0.136. The zero-order valence-corrected chi connectivity index (χ0v) is 7.50. The first-order valence-corrected chi connectivity index (χ1v) is 4.13. The summed E-state index contributed by atoms with van der Waals surface area (Å²) in [6, 6.07) is 0. The van der Waals surface area contributed by atoms with Crippen LogP contribution in [0.15, 0.2) is 0 Å². The summed E-state index contributed by atoms with van der Waals surface area (Å²) in [5.41, 5.74) is 0. The Morgan fingerprint density at radius 3 is 2.85 bits per heavy atom. The molecule has 0 aromatic rings. The first kappa shape index (κ1) is 9.70. The summed E-state index contributed by atoms with van der Waals surface area (Å²) in [6.45, 7) is 1.80. The van der Waals surface area contributed by atoms with Gasteiger partial charge < -0.3 is 10.2 Å². The molecule has 1 rings (SSSR count). The fraction of sp³-hybridized carbons (Fsp3) is 0.625. The molecule has 5 nitrogen and oxygen atoms in total. The second kappa shape index (κ2) is 4.02. The molecule has 0 atom stereocenters. The molecule has 0 radical (unpaired) electrons. The molecule has 0 spiro atoms. The number of rotatable bonds is 2. The first-order chi connectivity index (χ1) is 6.09. The van der Waals surface area contributed by atoms with E-state index in [0.717, 1.165) is 0 Å². The minimum atomic E-state index is -0.202. The molecular weight excluding hydrogens is 172 g/mol. The van der Waals surface area contributed by atoms with Crippen molar-refractivity contribution >= 4 is 17.6 Å². The summed E-state index contributed by atoms with van der Waals surface area (Å²) in [5.74, 6) is -0.455. The number of amides is 2. The van der Waals surface area contributed by atoms with Crippen molar-refractivity contribution in [2.24, 2.45) is 0 Å². The van der Waals surface area contributed by atoms with E-state index in [1.165, 1.54) is 11.8 Å². The molecule has 5 heteroatoms. The Balaban J connectivity index is 2.61. The lowest BCUT2D eigenvalue weighted by Crippen LogP contribution is -2.38. The van der Waals surface area contributed by atoms with Gasteiger partial charge in [0.25, 0.3) is 0 Å². The van der Waals surface area contributed by atoms with Gasteiger partial charge in [0.05, 0.1) is 13.1 Å². The summed E-state index contributed by atoms with van der Waals surface area (Å²) in [5, 5.41) is 2.57. The number of nitrogens with one attached hydrogen (secondary N) is 1. The van der Waals surface area contributed by atoms with E-state index in [1.54, 1.807) is 0 Å². The van der Waals surface area contributed by atoms with Crippen LogP contribution in [0.2, 0.25) is 0 Å². The minimum absolute atomic E-state index is 0.00157. The van der Waals surface area contributed by atoms with Crippen molar-refractivity contribution in [2.45, 2.75) is 13.3 Å². The third kappa shape index (κ3) is 2.85. The predicted molar refractivity (Wildman–Crippen MR) is 44.9 cm³/mol. The van der Waals surface area contributed by atoms with Gasteiger partial charge in [-0.3, -0.25) is 14.4 Å². The van der Waals surface area contributed by atoms with Gasteiger partial charge in [0.1, 0.15) is 5.78 Å². The van der Waals surface area contributed by atoms with E-state index in [1.807, 2.05) is 0 Å². The molecule has 1 aliphatic rings. The van der Waals surface area contributed by atoms with Gasteiger partial charge in [-0.15, -0.1) is 0 Å². The SMILES string of the molecule is CC(=O)CN1CC(=O)NCCC1=O. The van der Waals surface area contributed by atoms with Gasteiger partial charge >= 0.3 is 0 Å². The Morgan fingerprint density at radius 2 is 2.23 bits per heavy atom. The molecule has 0 bridgehead atoms. The number of carbonyl (C=O) groups excluding carboxylic acids is 3. The van der Waals surface area contributed by atoms with Crippen LogP contribution in [0.4, 0.5) is 0 Å². The van der Waals surface area contributed by atoms with Gasteiger partial charge in [-0.2, -0.15) is 0 Å². The lowest BCUT2D eigenvalue weighted by Gasteiger charge is -2.16. The second-order valence-electron chi connectivity index (χ2n) is 3.05. The zero-order valence-electron chi connectivity index (χ0n) is 7.50. The average Bonchev–Trinajstić information content (AvgIpc) is 2.14. The van der Waals surface area contributed by atoms with E-state index in [-0.39, 0.29) is 37.1 Å². The predicted octanol–water partition coefficient (Wildman–Crippen LogP) is -1.08. The molecule has 13 heavy (non-hydrogen) atoms. The summed E-state index contributed by atoms with van der Waals surface area (Å²) >= 11 is 0. The lowest BCUT2D eigenvalue weighted by atomic mass is 10.3. The molecule has 0 saturated carbocycles. The van der Waals surface area contributed by atoms with Gasteiger partial charge in [0.15, 0.2) is 0 Å². The van der Waals surface area contributed by atoms with Crippen molar-refractivity contribution in [1.29, 1.82) is 0 Å². The van der Waals surface area contributed by atoms with Crippen LogP contribution in [0.3, 0.4) is 0 Å². The maximum absolute atomic E-state index is 11.3. The van der Waals surface area contributed by atoms with Crippen LogP contribution in [0.5, 0.6) is 0 Å². The fourth-order valence-corrected chi connectivity index (χ4v) is 1.20. The number of ketones is 1. The van der Waals surface area contributed by atoms with Crippen molar-refractivity contribution in [3.05, 3.63) is 0 Å². The number of nitrogens with zero attached hydrogens (tertiary/aromatic N) is 1. The van der Waals surface area contributed by atoms with Crippen LogP contribution in [0, 0.1) is 0 Å². The number of hydrogen-bond acceptors (Lipinski definition) is 3. The number of Topliss-reactive ketones (excluding diaryl/α,β-unsaturated/α-hetero) is 1. The van der Waals surface area contributed by atoms with Crippen LogP contribution in [-0.4, -0.2) is 42.1 Å². The van der Waals surface area contributed by atoms with Crippen molar-refractivity contribution < 1.29 is 14.4 Å². The summed E-state index contributed by atoms with van der Waals surface area (Å²) in [4.78, 5) is 34.3. The van der Waals surface area contributed by atoms with Crippen molar-refractivity contribution in [2.75, 3.05) is 19.6 Å². The molecule has 0 aromatic heterocycles. The highest BCUT2D eigenvalue weighted by molar-refractivity contribution is 5.90. The molecule has 1 N–H and O–H groups in total. The van der Waals surface area contributed by atoms with Crippen LogP contribution in [0.25, 0.3) is 0 Å². The molecule has 1 saturated heterocycles. The normalized spacial score (nSPS) is 18.1. The first-order valence-electron chi connectivity index (χ1n) is 4.13. The fourth-order valence-electron chi connectivity index (χ4n) is 1.20. The molecule has 2 amide bonds. The Morgan fingerprint density at radius 1 is 1.54 bits per heavy atom. The number of hydrogen-bond donors (Lipinski definition) is 1. The highest BCUT2D eigenvalue weighted by Crippen LogP contribution is 1.98. The summed E-state index contributed by atoms with van der Waals surface area (Å²) in [6.07, 6.45) is 0.277. The van der Waals surface area contributed by atoms with E-state index in [4.69, 9.17) is 0 Å². The standard InChI is InChI=1S/C8H12N2O3/c1-6(11)4-10-5-7(12)9-3-2-8(10)13/h2-5H2,1H3,(H,9,12). The molecule has 0 aliphatic carbocycles. The Labute approximate surface area is 76.1 Å². The summed E-state index contributed by atoms with van der Waals surface area (Å²) in [7, 11) is 0. The maximum Gasteiger partial charge on any atom is 0.239 e. The molecular formula is C8H12N2O3. The van der Waals surface area contributed by atoms with E-state index >= 15 is 0 Å². The molecule has 1 fully saturated rings. The van der Waals surface area contributed by atoms with Gasteiger partial charge in [-0.1, -0.05) is 0 Å². The van der Waals surface area contributed by atoms with Crippen LogP contribution in [0.1, 0.15) is 13.3 Å². The topological polar surface area (TPSA) is 66.5 Å². The molecule has 72 valence electrons. The van der Waals surface area contributed by atoms with Gasteiger partial charge in [-0.25, -0.2) is 0 Å². The third-order valence-electron chi connectivity index (χ3n) is 1.76. The Kier molecular flexibility index (Phi) is 3.00. The third-order valence-corrected chi connectivity index (χ3v) is 1.76. The van der Waals surface area contributed by atoms with Crippen molar-refractivity contribution in [1.82, 2.24) is 10.2 Å². The average molecular weight is 184 g/mol. The zero-order chi connectivity index (χ0) is 9.84. The maximum atomic E-state index is 11.3. The van der Waals surface area contributed by atoms with Gasteiger partial charge in [0, 0.05) is 13.0 Å². The van der Waals surface area contributed by atoms with Crippen LogP contribution in [-0.2, 0) is 14.4 Å². The van der Waals surface area contributed by atoms with E-state index in [2.05, 4.69) is 5.32 Å². The molecule has 1 heterocycles. The molecule has 1 aliphatic heterocycles. The minimum Gasteiger partial charge on any atom is -0.354 e. The van der Waals surface area contributed by atoms with Gasteiger partial charge in [-0.05, 0) is 6.92 Å². The van der Waals surface area contributed by atoms with E-state index in [9.17, 15) is 14.4 Å². The second-order valence-corrected chi connectivity index (χ2v) is 3.05. The highest BCUT2D eigenvalue weighted by Gasteiger charge is 2.21. The Hall–Kier alpha value is -1.39. The monoisotopic (exact) mass is 184 g/mol. The molecule has 0 aromatic carbocycles. The van der Waals surface area contributed by atoms with E-state index in [0.29, 0.717) is 6.54 Å². The van der Waals surface area contributed by atoms with Crippen molar-refractivity contribution in [3.8, 4) is 0 Å². The Bertz CT molecular complexity index is 250. The van der Waals surface area contributed by atoms with Crippen molar-refractivity contribution in [3.63, 3.8) is 0 Å². The van der Waals surface area contributed by atoms with E-state index < -0.39 is 0 Å². The smallest absolute Gasteiger partial charge is 0.239 e.